The fourth-order valence-electron chi connectivity index (χ4n) is 1.20. The zero-order chi connectivity index (χ0) is 12.2. The average molecular weight is 230 g/mol. The lowest BCUT2D eigenvalue weighted by Crippen LogP contribution is -2.37. The number of methoxy groups -OCH3 is 1. The monoisotopic (exact) mass is 230 g/mol. The first-order valence-corrected chi connectivity index (χ1v) is 5.94. The van der Waals surface area contributed by atoms with Gasteiger partial charge in [0.25, 0.3) is 0 Å². The molecule has 0 aliphatic carbocycles. The van der Waals surface area contributed by atoms with Gasteiger partial charge in [0.05, 0.1) is 13.2 Å². The summed E-state index contributed by atoms with van der Waals surface area (Å²) in [6, 6.07) is 0. The Hall–Kier alpha value is -0.810. The molecule has 0 aliphatic rings. The van der Waals surface area contributed by atoms with Crippen molar-refractivity contribution in [1.29, 1.82) is 0 Å². The Morgan fingerprint density at radius 2 is 1.81 bits per heavy atom. The number of guanidine groups is 1. The van der Waals surface area contributed by atoms with Crippen molar-refractivity contribution >= 4 is 5.96 Å². The van der Waals surface area contributed by atoms with Crippen LogP contribution in [0, 0.1) is 0 Å². The minimum absolute atomic E-state index is 0.771. The molecule has 0 unspecified atom stereocenters. The zero-order valence-corrected chi connectivity index (χ0v) is 11.0. The summed E-state index contributed by atoms with van der Waals surface area (Å²) in [7, 11) is 3.80. The third-order valence-electron chi connectivity index (χ3n) is 2.12. The summed E-state index contributed by atoms with van der Waals surface area (Å²) in [6.07, 6.45) is 0. The summed E-state index contributed by atoms with van der Waals surface area (Å²) in [4.78, 5) is 6.67. The molecule has 16 heavy (non-hydrogen) atoms. The lowest BCUT2D eigenvalue weighted by Gasteiger charge is -2.15. The molecule has 5 nitrogen and oxygen atoms in total. The van der Waals surface area contributed by atoms with Crippen LogP contribution in [0.15, 0.2) is 4.99 Å². The van der Waals surface area contributed by atoms with Crippen LogP contribution in [0.2, 0.25) is 0 Å². The molecule has 0 saturated carbocycles. The molecule has 0 amide bonds. The second-order valence-electron chi connectivity index (χ2n) is 3.59. The second-order valence-corrected chi connectivity index (χ2v) is 3.59. The van der Waals surface area contributed by atoms with Crippen LogP contribution in [0.4, 0.5) is 0 Å². The summed E-state index contributed by atoms with van der Waals surface area (Å²) < 4.78 is 5.01. The Kier molecular flexibility index (Phi) is 10.2. The average Bonchev–Trinajstić information content (AvgIpc) is 2.27. The van der Waals surface area contributed by atoms with Crippen molar-refractivity contribution < 1.29 is 4.74 Å². The van der Waals surface area contributed by atoms with Gasteiger partial charge in [-0.3, -0.25) is 4.99 Å². The van der Waals surface area contributed by atoms with E-state index in [0.29, 0.717) is 0 Å². The van der Waals surface area contributed by atoms with E-state index in [4.69, 9.17) is 4.74 Å². The largest absolute Gasteiger partial charge is 0.383 e. The van der Waals surface area contributed by atoms with E-state index in [-0.39, 0.29) is 0 Å². The molecular formula is C11H26N4O. The number of nitrogens with zero attached hydrogens (tertiary/aromatic N) is 2. The summed E-state index contributed by atoms with van der Waals surface area (Å²) >= 11 is 0. The first-order valence-electron chi connectivity index (χ1n) is 5.94. The van der Waals surface area contributed by atoms with E-state index in [1.807, 2.05) is 0 Å². The number of rotatable bonds is 8. The minimum Gasteiger partial charge on any atom is -0.383 e. The molecule has 0 spiro atoms. The normalized spacial score (nSPS) is 10.3. The summed E-state index contributed by atoms with van der Waals surface area (Å²) in [6.45, 7) is 9.39. The third-order valence-corrected chi connectivity index (χ3v) is 2.12. The molecule has 0 saturated heterocycles. The highest BCUT2D eigenvalue weighted by Gasteiger charge is 1.97. The number of aliphatic imine (C=N–C) groups is 1. The van der Waals surface area contributed by atoms with Crippen molar-refractivity contribution in [2.45, 2.75) is 13.8 Å². The summed E-state index contributed by atoms with van der Waals surface area (Å²) in [5.74, 6) is 0.894. The SMILES string of the molecule is CCNC(=NCCN(C)CCOC)NCC. The zero-order valence-electron chi connectivity index (χ0n) is 11.0. The smallest absolute Gasteiger partial charge is 0.191 e. The molecule has 0 heterocycles. The van der Waals surface area contributed by atoms with E-state index in [1.165, 1.54) is 0 Å². The molecule has 0 fully saturated rings. The molecule has 5 heteroatoms. The molecule has 96 valence electrons. The predicted molar refractivity (Wildman–Crippen MR) is 69.0 cm³/mol. The lowest BCUT2D eigenvalue weighted by molar-refractivity contribution is 0.163. The molecule has 0 bridgehead atoms. The fraction of sp³-hybridized carbons (Fsp3) is 0.909. The highest BCUT2D eigenvalue weighted by atomic mass is 16.5. The predicted octanol–water partition coefficient (Wildman–Crippen LogP) is 0.140. The molecule has 0 radical (unpaired) electrons. The van der Waals surface area contributed by atoms with E-state index in [1.54, 1.807) is 7.11 Å². The van der Waals surface area contributed by atoms with Gasteiger partial charge in [0.2, 0.25) is 0 Å². The fourth-order valence-corrected chi connectivity index (χ4v) is 1.20. The van der Waals surface area contributed by atoms with Gasteiger partial charge < -0.3 is 20.3 Å². The van der Waals surface area contributed by atoms with E-state index in [2.05, 4.69) is 41.4 Å². The van der Waals surface area contributed by atoms with E-state index in [9.17, 15) is 0 Å². The quantitative estimate of drug-likeness (QED) is 0.460. The molecule has 2 N–H and O–H groups in total. The van der Waals surface area contributed by atoms with E-state index < -0.39 is 0 Å². The van der Waals surface area contributed by atoms with Crippen molar-refractivity contribution in [3.63, 3.8) is 0 Å². The van der Waals surface area contributed by atoms with Gasteiger partial charge in [-0.05, 0) is 20.9 Å². The van der Waals surface area contributed by atoms with Crippen molar-refractivity contribution in [1.82, 2.24) is 15.5 Å². The third kappa shape index (κ3) is 8.49. The van der Waals surface area contributed by atoms with E-state index in [0.717, 1.165) is 45.3 Å². The van der Waals surface area contributed by atoms with Crippen LogP contribution in [0.1, 0.15) is 13.8 Å². The van der Waals surface area contributed by atoms with Crippen LogP contribution in [0.5, 0.6) is 0 Å². The number of hydrogen-bond donors (Lipinski definition) is 2. The summed E-state index contributed by atoms with van der Waals surface area (Å²) in [5.41, 5.74) is 0. The Morgan fingerprint density at radius 3 is 2.31 bits per heavy atom. The minimum atomic E-state index is 0.771. The van der Waals surface area contributed by atoms with Gasteiger partial charge in [-0.1, -0.05) is 0 Å². The molecule has 0 aromatic carbocycles. The Balaban J connectivity index is 3.75. The molecule has 0 aromatic heterocycles. The Labute approximate surface area is 99.3 Å². The number of ether oxygens (including phenoxy) is 1. The number of likely N-dealkylation sites (N-methyl/N-ethyl adjacent to an activating group) is 1. The van der Waals surface area contributed by atoms with Crippen LogP contribution in [0.25, 0.3) is 0 Å². The van der Waals surface area contributed by atoms with Crippen LogP contribution >= 0.6 is 0 Å². The van der Waals surface area contributed by atoms with Gasteiger partial charge in [0.1, 0.15) is 0 Å². The molecular weight excluding hydrogens is 204 g/mol. The Morgan fingerprint density at radius 1 is 1.19 bits per heavy atom. The van der Waals surface area contributed by atoms with Crippen LogP contribution in [-0.2, 0) is 4.74 Å². The standard InChI is InChI=1S/C11H26N4O/c1-5-12-11(13-6-2)14-7-8-15(3)9-10-16-4/h5-10H2,1-4H3,(H2,12,13,14). The molecule has 0 aliphatic heterocycles. The highest BCUT2D eigenvalue weighted by molar-refractivity contribution is 5.79. The van der Waals surface area contributed by atoms with Crippen molar-refractivity contribution in [3.05, 3.63) is 0 Å². The maximum Gasteiger partial charge on any atom is 0.191 e. The topological polar surface area (TPSA) is 48.9 Å². The first-order chi connectivity index (χ1) is 7.74. The highest BCUT2D eigenvalue weighted by Crippen LogP contribution is 1.83. The summed E-state index contributed by atoms with van der Waals surface area (Å²) in [5, 5.41) is 6.39. The molecule has 0 aromatic rings. The molecule has 0 atom stereocenters. The van der Waals surface area contributed by atoms with Crippen molar-refractivity contribution in [2.24, 2.45) is 4.99 Å². The van der Waals surface area contributed by atoms with Gasteiger partial charge in [-0.25, -0.2) is 0 Å². The second kappa shape index (κ2) is 10.7. The van der Waals surface area contributed by atoms with Gasteiger partial charge >= 0.3 is 0 Å². The number of nitrogens with one attached hydrogen (secondary N) is 2. The number of hydrogen-bond acceptors (Lipinski definition) is 3. The van der Waals surface area contributed by atoms with Gasteiger partial charge in [-0.15, -0.1) is 0 Å². The van der Waals surface area contributed by atoms with Crippen LogP contribution in [-0.4, -0.2) is 64.3 Å². The van der Waals surface area contributed by atoms with Gasteiger partial charge in [0, 0.05) is 33.3 Å². The van der Waals surface area contributed by atoms with Crippen molar-refractivity contribution in [3.8, 4) is 0 Å². The molecule has 0 rings (SSSR count). The lowest BCUT2D eigenvalue weighted by atomic mass is 10.5. The van der Waals surface area contributed by atoms with Crippen LogP contribution in [0.3, 0.4) is 0 Å². The van der Waals surface area contributed by atoms with Gasteiger partial charge in [-0.2, -0.15) is 0 Å². The van der Waals surface area contributed by atoms with Crippen molar-refractivity contribution in [2.75, 3.05) is 53.5 Å². The van der Waals surface area contributed by atoms with Gasteiger partial charge in [0.15, 0.2) is 5.96 Å². The maximum absolute atomic E-state index is 5.01. The first kappa shape index (κ1) is 15.2. The van der Waals surface area contributed by atoms with E-state index >= 15 is 0 Å². The Bertz CT molecular complexity index is 177. The van der Waals surface area contributed by atoms with Crippen LogP contribution < -0.4 is 10.6 Å². The maximum atomic E-state index is 5.01.